The van der Waals surface area contributed by atoms with Crippen molar-refractivity contribution in [3.63, 3.8) is 0 Å². The molecule has 1 atom stereocenters. The number of amides is 1. The molecule has 5 rings (SSSR count). The number of carbonyl (C=O) groups excluding carboxylic acids is 1. The molecule has 0 N–H and O–H groups in total. The predicted molar refractivity (Wildman–Crippen MR) is 143 cm³/mol. The number of piperidine rings is 1. The number of nitrogens with zero attached hydrogens (tertiary/aromatic N) is 4. The first-order valence-corrected chi connectivity index (χ1v) is 14.6. The molecule has 1 unspecified atom stereocenters. The van der Waals surface area contributed by atoms with E-state index in [-0.39, 0.29) is 23.3 Å². The number of halogens is 1. The zero-order valence-electron chi connectivity index (χ0n) is 20.3. The van der Waals surface area contributed by atoms with Crippen molar-refractivity contribution in [1.82, 2.24) is 14.2 Å². The molecule has 3 heterocycles. The van der Waals surface area contributed by atoms with Gasteiger partial charge in [-0.15, -0.1) is 0 Å². The van der Waals surface area contributed by atoms with Gasteiger partial charge in [-0.05, 0) is 44.0 Å². The van der Waals surface area contributed by atoms with Crippen LogP contribution in [0.3, 0.4) is 0 Å². The minimum atomic E-state index is -3.62. The second-order valence-corrected chi connectivity index (χ2v) is 12.6. The number of thiazole rings is 1. The topological polar surface area (TPSA) is 83.0 Å². The number of aryl methyl sites for hydroxylation is 1. The van der Waals surface area contributed by atoms with E-state index in [1.54, 1.807) is 31.4 Å². The van der Waals surface area contributed by atoms with Crippen molar-refractivity contribution < 1.29 is 17.9 Å². The average Bonchev–Trinajstić information content (AvgIpc) is 3.36. The predicted octanol–water partition coefficient (Wildman–Crippen LogP) is 4.02. The number of piperazine rings is 1. The Kier molecular flexibility index (Phi) is 7.13. The second-order valence-electron chi connectivity index (χ2n) is 9.25. The van der Waals surface area contributed by atoms with Crippen molar-refractivity contribution in [2.24, 2.45) is 5.92 Å². The summed E-state index contributed by atoms with van der Waals surface area (Å²) in [6, 6.07) is 10.5. The summed E-state index contributed by atoms with van der Waals surface area (Å²) >= 11 is 7.90. The van der Waals surface area contributed by atoms with Crippen LogP contribution < -0.4 is 9.64 Å². The van der Waals surface area contributed by atoms with Crippen molar-refractivity contribution in [3.8, 4) is 5.75 Å². The minimum Gasteiger partial charge on any atom is -0.494 e. The van der Waals surface area contributed by atoms with Gasteiger partial charge in [-0.1, -0.05) is 40.6 Å². The third-order valence-electron chi connectivity index (χ3n) is 6.92. The van der Waals surface area contributed by atoms with Crippen LogP contribution in [0.5, 0.6) is 5.75 Å². The van der Waals surface area contributed by atoms with Crippen molar-refractivity contribution in [2.45, 2.75) is 24.7 Å². The number of fused-ring (bicyclic) bond motifs is 1. The van der Waals surface area contributed by atoms with Crippen LogP contribution in [0.15, 0.2) is 41.3 Å². The van der Waals surface area contributed by atoms with Crippen molar-refractivity contribution in [1.29, 1.82) is 0 Å². The molecule has 0 saturated carbocycles. The van der Waals surface area contributed by atoms with Gasteiger partial charge >= 0.3 is 0 Å². The maximum absolute atomic E-state index is 13.4. The molecule has 11 heteroatoms. The fourth-order valence-corrected chi connectivity index (χ4v) is 7.67. The summed E-state index contributed by atoms with van der Waals surface area (Å²) in [6.07, 6.45) is 1.38. The van der Waals surface area contributed by atoms with Gasteiger partial charge in [0.25, 0.3) is 0 Å². The van der Waals surface area contributed by atoms with Crippen molar-refractivity contribution in [2.75, 3.05) is 51.3 Å². The largest absolute Gasteiger partial charge is 0.494 e. The highest BCUT2D eigenvalue weighted by atomic mass is 35.5. The number of methoxy groups -OCH3 is 1. The molecule has 8 nitrogen and oxygen atoms in total. The highest BCUT2D eigenvalue weighted by Crippen LogP contribution is 2.39. The van der Waals surface area contributed by atoms with E-state index in [0.717, 1.165) is 20.9 Å². The first-order valence-electron chi connectivity index (χ1n) is 12.0. The zero-order valence-corrected chi connectivity index (χ0v) is 22.7. The Morgan fingerprint density at radius 2 is 1.81 bits per heavy atom. The molecule has 2 saturated heterocycles. The van der Waals surface area contributed by atoms with Gasteiger partial charge in [0.15, 0.2) is 5.13 Å². The number of carbonyl (C=O) groups is 1. The number of hydrogen-bond acceptors (Lipinski definition) is 7. The molecule has 0 radical (unpaired) electrons. The number of sulfonamides is 1. The van der Waals surface area contributed by atoms with E-state index in [4.69, 9.17) is 21.3 Å². The lowest BCUT2D eigenvalue weighted by Crippen LogP contribution is -2.53. The maximum atomic E-state index is 13.4. The Morgan fingerprint density at radius 3 is 2.50 bits per heavy atom. The van der Waals surface area contributed by atoms with Crippen molar-refractivity contribution >= 4 is 54.2 Å². The Bertz CT molecular complexity index is 1370. The molecule has 3 aromatic rings. The molecule has 2 aliphatic heterocycles. The van der Waals surface area contributed by atoms with Gasteiger partial charge < -0.3 is 14.5 Å². The Labute approximate surface area is 220 Å². The lowest BCUT2D eigenvalue weighted by Gasteiger charge is -2.38. The lowest BCUT2D eigenvalue weighted by atomic mass is 9.98. The van der Waals surface area contributed by atoms with Gasteiger partial charge in [-0.25, -0.2) is 13.4 Å². The molecule has 0 bridgehead atoms. The minimum absolute atomic E-state index is 0.0347. The Balaban J connectivity index is 1.24. The average molecular weight is 549 g/mol. The van der Waals surface area contributed by atoms with Crippen LogP contribution in [0.2, 0.25) is 5.02 Å². The summed E-state index contributed by atoms with van der Waals surface area (Å²) in [5.74, 6) is 0.400. The summed E-state index contributed by atoms with van der Waals surface area (Å²) in [7, 11) is -2.00. The third-order valence-corrected chi connectivity index (χ3v) is 10.4. The Hall–Kier alpha value is -2.40. The number of aromatic nitrogens is 1. The second kappa shape index (κ2) is 10.2. The lowest BCUT2D eigenvalue weighted by molar-refractivity contribution is -0.137. The van der Waals surface area contributed by atoms with Crippen LogP contribution in [-0.2, 0) is 14.8 Å². The van der Waals surface area contributed by atoms with Crippen LogP contribution in [0.25, 0.3) is 10.2 Å². The van der Waals surface area contributed by atoms with E-state index in [2.05, 4.69) is 4.90 Å². The van der Waals surface area contributed by atoms with Crippen LogP contribution in [0, 0.1) is 12.8 Å². The van der Waals surface area contributed by atoms with Crippen LogP contribution in [-0.4, -0.2) is 74.9 Å². The van der Waals surface area contributed by atoms with Crippen LogP contribution >= 0.6 is 22.9 Å². The molecular weight excluding hydrogens is 520 g/mol. The van der Waals surface area contributed by atoms with E-state index >= 15 is 0 Å². The highest BCUT2D eigenvalue weighted by molar-refractivity contribution is 7.89. The summed E-state index contributed by atoms with van der Waals surface area (Å²) in [4.78, 5) is 22.4. The van der Waals surface area contributed by atoms with E-state index in [1.165, 1.54) is 15.6 Å². The van der Waals surface area contributed by atoms with E-state index in [9.17, 15) is 13.2 Å². The van der Waals surface area contributed by atoms with Gasteiger partial charge in [-0.3, -0.25) is 4.79 Å². The van der Waals surface area contributed by atoms with E-state index in [1.807, 2.05) is 24.0 Å². The SMILES string of the molecule is COc1ccc(Cl)c2sc(N3CCN(C(=O)C4CCCN(S(=O)(=O)c5ccc(C)cc5)C4)CC3)nc12. The molecule has 1 aromatic heterocycles. The molecule has 2 aromatic carbocycles. The summed E-state index contributed by atoms with van der Waals surface area (Å²) in [6.45, 7) is 5.05. The van der Waals surface area contributed by atoms with Gasteiger partial charge in [0, 0.05) is 39.3 Å². The van der Waals surface area contributed by atoms with E-state index < -0.39 is 10.0 Å². The monoisotopic (exact) mass is 548 g/mol. The van der Waals surface area contributed by atoms with Gasteiger partial charge in [0.1, 0.15) is 11.3 Å². The highest BCUT2D eigenvalue weighted by Gasteiger charge is 2.36. The van der Waals surface area contributed by atoms with Crippen molar-refractivity contribution in [3.05, 3.63) is 47.0 Å². The number of benzene rings is 2. The first kappa shape index (κ1) is 25.3. The Morgan fingerprint density at radius 1 is 1.08 bits per heavy atom. The van der Waals surface area contributed by atoms with Gasteiger partial charge in [0.05, 0.1) is 27.6 Å². The number of anilines is 1. The molecule has 36 heavy (non-hydrogen) atoms. The number of hydrogen-bond donors (Lipinski definition) is 0. The fourth-order valence-electron chi connectivity index (χ4n) is 4.84. The third kappa shape index (κ3) is 4.79. The van der Waals surface area contributed by atoms with Crippen LogP contribution in [0.1, 0.15) is 18.4 Å². The summed E-state index contributed by atoms with van der Waals surface area (Å²) in [5, 5.41) is 1.50. The number of ether oxygens (including phenoxy) is 1. The number of rotatable bonds is 5. The molecule has 0 aliphatic carbocycles. The zero-order chi connectivity index (χ0) is 25.4. The smallest absolute Gasteiger partial charge is 0.243 e. The summed E-state index contributed by atoms with van der Waals surface area (Å²) < 4.78 is 34.1. The quantitative estimate of drug-likeness (QED) is 0.479. The van der Waals surface area contributed by atoms with Crippen LogP contribution in [0.4, 0.5) is 5.13 Å². The normalized spacial score (nSPS) is 19.6. The molecular formula is C25H29ClN4O4S2. The molecule has 0 spiro atoms. The van der Waals surface area contributed by atoms with Gasteiger partial charge in [0.2, 0.25) is 15.9 Å². The summed E-state index contributed by atoms with van der Waals surface area (Å²) in [5.41, 5.74) is 1.76. The standard InChI is InChI=1S/C25H29ClN4O4S2/c1-17-5-7-19(8-6-17)36(32,33)30-11-3-4-18(16-30)24(31)28-12-14-29(15-13-28)25-27-22-21(34-2)10-9-20(26)23(22)35-25/h5-10,18H,3-4,11-16H2,1-2H3. The fraction of sp³-hybridized carbons (Fsp3) is 0.440. The molecule has 2 fully saturated rings. The van der Waals surface area contributed by atoms with E-state index in [0.29, 0.717) is 56.3 Å². The molecule has 192 valence electrons. The first-order chi connectivity index (χ1) is 17.3. The molecule has 1 amide bonds. The maximum Gasteiger partial charge on any atom is 0.243 e. The molecule has 2 aliphatic rings. The van der Waals surface area contributed by atoms with Gasteiger partial charge in [-0.2, -0.15) is 4.31 Å².